The smallest absolute Gasteiger partial charge is 0.249 e. The summed E-state index contributed by atoms with van der Waals surface area (Å²) in [4.78, 5) is 26.4. The van der Waals surface area contributed by atoms with E-state index in [1.165, 1.54) is 17.8 Å². The molecule has 148 valence electrons. The largest absolute Gasteiger partial charge is 0.366 e. The minimum Gasteiger partial charge on any atom is -0.366 e. The molecule has 3 nitrogen and oxygen atoms in total. The highest BCUT2D eigenvalue weighted by atomic mass is 32.2. The van der Waals surface area contributed by atoms with Crippen LogP contribution in [0.1, 0.15) is 26.3 Å². The molecule has 30 heavy (non-hydrogen) atoms. The maximum absolute atomic E-state index is 14.1. The lowest BCUT2D eigenvalue weighted by atomic mass is 9.94. The normalized spacial score (nSPS) is 10.8. The summed E-state index contributed by atoms with van der Waals surface area (Å²) in [7, 11) is 0. The molecule has 0 aromatic heterocycles. The number of hydrogen-bond acceptors (Lipinski definition) is 3. The van der Waals surface area contributed by atoms with Crippen LogP contribution in [0.15, 0.2) is 94.7 Å². The zero-order valence-corrected chi connectivity index (χ0v) is 16.8. The molecule has 0 fully saturated rings. The van der Waals surface area contributed by atoms with E-state index in [4.69, 9.17) is 5.73 Å². The van der Waals surface area contributed by atoms with Crippen molar-refractivity contribution in [3.8, 4) is 0 Å². The lowest BCUT2D eigenvalue weighted by Crippen LogP contribution is -2.16. The Kier molecular flexibility index (Phi) is 5.63. The van der Waals surface area contributed by atoms with E-state index in [2.05, 4.69) is 0 Å². The summed E-state index contributed by atoms with van der Waals surface area (Å²) in [6.07, 6.45) is 0.0257. The highest BCUT2D eigenvalue weighted by Crippen LogP contribution is 2.33. The van der Waals surface area contributed by atoms with Gasteiger partial charge in [0.2, 0.25) is 5.91 Å². The molecule has 0 heterocycles. The molecule has 0 aliphatic carbocycles. The summed E-state index contributed by atoms with van der Waals surface area (Å²) in [6.45, 7) is 0. The Bertz CT molecular complexity index is 1270. The number of carbonyl (C=O) groups excluding carboxylic acids is 2. The summed E-state index contributed by atoms with van der Waals surface area (Å²) in [5, 5.41) is 1.61. The molecule has 0 unspecified atom stereocenters. The van der Waals surface area contributed by atoms with Crippen LogP contribution < -0.4 is 5.73 Å². The summed E-state index contributed by atoms with van der Waals surface area (Å²) >= 11 is 1.21. The first-order valence-corrected chi connectivity index (χ1v) is 10.2. The average molecular weight is 415 g/mol. The number of amides is 1. The van der Waals surface area contributed by atoms with Crippen LogP contribution in [0.3, 0.4) is 0 Å². The van der Waals surface area contributed by atoms with Gasteiger partial charge in [-0.15, -0.1) is 0 Å². The number of hydrogen-bond donors (Lipinski definition) is 1. The second-order valence-corrected chi connectivity index (χ2v) is 7.90. The first kappa shape index (κ1) is 19.9. The van der Waals surface area contributed by atoms with Crippen LogP contribution >= 0.6 is 11.8 Å². The number of nitrogens with two attached hydrogens (primary N) is 1. The van der Waals surface area contributed by atoms with Gasteiger partial charge in [-0.05, 0) is 34.5 Å². The maximum Gasteiger partial charge on any atom is 0.249 e. The van der Waals surface area contributed by atoms with Crippen molar-refractivity contribution in [2.45, 2.75) is 16.2 Å². The van der Waals surface area contributed by atoms with Crippen LogP contribution in [0.25, 0.3) is 10.8 Å². The first-order chi connectivity index (χ1) is 14.5. The van der Waals surface area contributed by atoms with Crippen LogP contribution in [0.4, 0.5) is 4.39 Å². The van der Waals surface area contributed by atoms with E-state index in [1.54, 1.807) is 42.5 Å². The molecule has 0 aliphatic heterocycles. The molecular weight excluding hydrogens is 397 g/mol. The zero-order valence-electron chi connectivity index (χ0n) is 16.0. The number of halogens is 1. The van der Waals surface area contributed by atoms with Crippen LogP contribution in [0.5, 0.6) is 0 Å². The number of ketones is 1. The van der Waals surface area contributed by atoms with Crippen molar-refractivity contribution in [1.29, 1.82) is 0 Å². The van der Waals surface area contributed by atoms with Gasteiger partial charge >= 0.3 is 0 Å². The van der Waals surface area contributed by atoms with Crippen molar-refractivity contribution in [3.05, 3.63) is 107 Å². The van der Waals surface area contributed by atoms with E-state index >= 15 is 0 Å². The number of rotatable bonds is 6. The van der Waals surface area contributed by atoms with Crippen molar-refractivity contribution >= 4 is 34.2 Å². The Hall–Kier alpha value is -3.44. The molecule has 4 aromatic carbocycles. The standard InChI is InChI=1S/C25H18FNO2S/c26-20-10-4-6-12-23(20)30-22-11-5-3-9-19(22)21(28)15-17-14-13-16-7-1-2-8-18(16)24(17)25(27)29/h1-14H,15H2,(H2,27,29). The predicted octanol–water partition coefficient (Wildman–Crippen LogP) is 5.65. The molecule has 0 aliphatic rings. The van der Waals surface area contributed by atoms with Gasteiger partial charge in [0.25, 0.3) is 0 Å². The number of benzene rings is 4. The number of fused-ring (bicyclic) bond motifs is 1. The van der Waals surface area contributed by atoms with E-state index in [-0.39, 0.29) is 18.0 Å². The molecule has 4 aromatic rings. The fourth-order valence-electron chi connectivity index (χ4n) is 3.46. The van der Waals surface area contributed by atoms with Crippen molar-refractivity contribution < 1.29 is 14.0 Å². The summed E-state index contributed by atoms with van der Waals surface area (Å²) in [6, 6.07) is 24.6. The second-order valence-electron chi connectivity index (χ2n) is 6.81. The molecule has 0 radical (unpaired) electrons. The van der Waals surface area contributed by atoms with E-state index in [0.717, 1.165) is 10.8 Å². The topological polar surface area (TPSA) is 60.2 Å². The Labute approximate surface area is 177 Å². The second kappa shape index (κ2) is 8.51. The maximum atomic E-state index is 14.1. The minimum absolute atomic E-state index is 0.0257. The molecule has 2 N–H and O–H groups in total. The number of carbonyl (C=O) groups is 2. The fraction of sp³-hybridized carbons (Fsp3) is 0.0400. The third kappa shape index (κ3) is 3.98. The molecule has 0 saturated carbocycles. The predicted molar refractivity (Wildman–Crippen MR) is 117 cm³/mol. The van der Waals surface area contributed by atoms with Gasteiger partial charge in [-0.2, -0.15) is 0 Å². The molecule has 4 rings (SSSR count). The molecule has 0 atom stereocenters. The van der Waals surface area contributed by atoms with Crippen molar-refractivity contribution in [3.63, 3.8) is 0 Å². The third-order valence-electron chi connectivity index (χ3n) is 4.86. The van der Waals surface area contributed by atoms with Gasteiger partial charge in [0.05, 0.1) is 5.56 Å². The van der Waals surface area contributed by atoms with Gasteiger partial charge in [-0.3, -0.25) is 9.59 Å². The van der Waals surface area contributed by atoms with Crippen LogP contribution in [0, 0.1) is 5.82 Å². The Morgan fingerprint density at radius 1 is 0.800 bits per heavy atom. The van der Waals surface area contributed by atoms with Crippen molar-refractivity contribution in [2.75, 3.05) is 0 Å². The molecular formula is C25H18FNO2S. The van der Waals surface area contributed by atoms with Crippen LogP contribution in [-0.4, -0.2) is 11.7 Å². The lowest BCUT2D eigenvalue weighted by molar-refractivity contribution is 0.0989. The van der Waals surface area contributed by atoms with Gasteiger partial charge in [0.1, 0.15) is 5.82 Å². The van der Waals surface area contributed by atoms with E-state index in [9.17, 15) is 14.0 Å². The Morgan fingerprint density at radius 3 is 2.23 bits per heavy atom. The van der Waals surface area contributed by atoms with Gasteiger partial charge in [-0.25, -0.2) is 4.39 Å². The molecule has 0 saturated heterocycles. The van der Waals surface area contributed by atoms with Gasteiger partial charge in [0, 0.05) is 21.8 Å². The lowest BCUT2D eigenvalue weighted by Gasteiger charge is -2.12. The summed E-state index contributed by atoms with van der Waals surface area (Å²) < 4.78 is 14.1. The molecule has 5 heteroatoms. The quantitative estimate of drug-likeness (QED) is 0.414. The SMILES string of the molecule is NC(=O)c1c(CC(=O)c2ccccc2Sc2ccccc2F)ccc2ccccc12. The van der Waals surface area contributed by atoms with E-state index in [0.29, 0.717) is 26.5 Å². The zero-order chi connectivity index (χ0) is 21.1. The van der Waals surface area contributed by atoms with Gasteiger partial charge in [-0.1, -0.05) is 78.5 Å². The Balaban J connectivity index is 1.70. The summed E-state index contributed by atoms with van der Waals surface area (Å²) in [5.74, 6) is -1.06. The van der Waals surface area contributed by atoms with Gasteiger partial charge in [0.15, 0.2) is 5.78 Å². The van der Waals surface area contributed by atoms with E-state index < -0.39 is 5.91 Å². The highest BCUT2D eigenvalue weighted by molar-refractivity contribution is 7.99. The minimum atomic E-state index is -0.566. The third-order valence-corrected chi connectivity index (χ3v) is 5.98. The average Bonchev–Trinajstić information content (AvgIpc) is 2.75. The van der Waals surface area contributed by atoms with Crippen molar-refractivity contribution in [2.24, 2.45) is 5.73 Å². The van der Waals surface area contributed by atoms with Gasteiger partial charge < -0.3 is 5.73 Å². The van der Waals surface area contributed by atoms with Crippen LogP contribution in [-0.2, 0) is 6.42 Å². The highest BCUT2D eigenvalue weighted by Gasteiger charge is 2.19. The molecule has 0 spiro atoms. The monoisotopic (exact) mass is 415 g/mol. The van der Waals surface area contributed by atoms with Crippen molar-refractivity contribution in [1.82, 2.24) is 0 Å². The number of Topliss-reactive ketones (excluding diaryl/α,β-unsaturated/α-hetero) is 1. The fourth-order valence-corrected chi connectivity index (χ4v) is 4.44. The Morgan fingerprint density at radius 2 is 1.47 bits per heavy atom. The molecule has 1 amide bonds. The summed E-state index contributed by atoms with van der Waals surface area (Å²) in [5.41, 5.74) is 7.07. The van der Waals surface area contributed by atoms with Crippen LogP contribution in [0.2, 0.25) is 0 Å². The number of primary amides is 1. The van der Waals surface area contributed by atoms with E-state index in [1.807, 2.05) is 36.4 Å². The molecule has 0 bridgehead atoms. The first-order valence-electron chi connectivity index (χ1n) is 9.39.